The summed E-state index contributed by atoms with van der Waals surface area (Å²) >= 11 is 0. The lowest BCUT2D eigenvalue weighted by Crippen LogP contribution is -1.99. The Balaban J connectivity index is 2.29. The molecule has 0 atom stereocenters. The maximum absolute atomic E-state index is 10.4. The van der Waals surface area contributed by atoms with Crippen molar-refractivity contribution in [3.63, 3.8) is 0 Å². The predicted octanol–water partition coefficient (Wildman–Crippen LogP) is 5.66. The van der Waals surface area contributed by atoms with Crippen molar-refractivity contribution in [1.29, 1.82) is 0 Å². The van der Waals surface area contributed by atoms with Crippen molar-refractivity contribution >= 4 is 24.5 Å². The van der Waals surface area contributed by atoms with Gasteiger partial charge < -0.3 is 19.0 Å². The van der Waals surface area contributed by atoms with Crippen LogP contribution in [-0.2, 0) is 4.79 Å². The third kappa shape index (κ3) is 6.31. The van der Waals surface area contributed by atoms with Crippen molar-refractivity contribution < 1.29 is 19.0 Å². The zero-order chi connectivity index (χ0) is 20.2. The molecule has 0 bridgehead atoms. The van der Waals surface area contributed by atoms with E-state index in [1.807, 2.05) is 68.5 Å². The van der Waals surface area contributed by atoms with Crippen molar-refractivity contribution in [2.75, 3.05) is 20.3 Å². The quantitative estimate of drug-likeness (QED) is 0.287. The van der Waals surface area contributed by atoms with Gasteiger partial charge in [0.15, 0.2) is 11.5 Å². The van der Waals surface area contributed by atoms with Gasteiger partial charge in [-0.05, 0) is 43.5 Å². The molecule has 0 saturated carbocycles. The fourth-order valence-corrected chi connectivity index (χ4v) is 2.79. The fraction of sp³-hybridized carbons (Fsp3) is 0.292. The summed E-state index contributed by atoms with van der Waals surface area (Å²) in [6, 6.07) is 12.0. The Morgan fingerprint density at radius 1 is 0.893 bits per heavy atom. The number of ether oxygens (including phenoxy) is 3. The maximum Gasteiger partial charge on any atom is 0.168 e. The number of methoxy groups -OCH3 is 1. The highest BCUT2D eigenvalue weighted by atomic mass is 16.5. The molecule has 0 amide bonds. The highest BCUT2D eigenvalue weighted by Gasteiger charge is 2.12. The minimum atomic E-state index is 0.549. The predicted molar refractivity (Wildman–Crippen MR) is 115 cm³/mol. The zero-order valence-electron chi connectivity index (χ0n) is 16.8. The summed E-state index contributed by atoms with van der Waals surface area (Å²) < 4.78 is 17.0. The van der Waals surface area contributed by atoms with Gasteiger partial charge in [0, 0.05) is 18.1 Å². The van der Waals surface area contributed by atoms with Crippen molar-refractivity contribution in [2.45, 2.75) is 26.7 Å². The largest absolute Gasteiger partial charge is 0.494 e. The van der Waals surface area contributed by atoms with Crippen molar-refractivity contribution in [3.05, 3.63) is 59.2 Å². The molecule has 0 N–H and O–H groups in total. The van der Waals surface area contributed by atoms with Gasteiger partial charge in [0.25, 0.3) is 0 Å². The topological polar surface area (TPSA) is 44.8 Å². The molecule has 0 spiro atoms. The van der Waals surface area contributed by atoms with Crippen LogP contribution in [0.25, 0.3) is 18.2 Å². The Labute approximate surface area is 167 Å². The average Bonchev–Trinajstić information content (AvgIpc) is 2.70. The van der Waals surface area contributed by atoms with Gasteiger partial charge in [-0.25, -0.2) is 0 Å². The number of unbranched alkanes of at least 4 members (excludes halogenated alkanes) is 1. The molecule has 2 aromatic rings. The van der Waals surface area contributed by atoms with Crippen LogP contribution in [0.15, 0.2) is 42.5 Å². The molecule has 0 unspecified atom stereocenters. The summed E-state index contributed by atoms with van der Waals surface area (Å²) in [7, 11) is 1.64. The van der Waals surface area contributed by atoms with E-state index in [4.69, 9.17) is 14.2 Å². The molecule has 2 rings (SSSR count). The number of carbonyl (C=O) groups excluding carboxylic acids is 1. The van der Waals surface area contributed by atoms with Crippen LogP contribution in [0.3, 0.4) is 0 Å². The summed E-state index contributed by atoms with van der Waals surface area (Å²) in [6.07, 6.45) is 10.3. The standard InChI is InChI=1S/C24H28O4/c1-4-27-22-17-21(24(26-3)23(18-22)28-5-2)14-13-20-12-9-11-19(16-20)10-7-6-8-15-25/h7,9-18H,4-6,8H2,1-3H3. The maximum atomic E-state index is 10.4. The van der Waals surface area contributed by atoms with Crippen LogP contribution in [0.5, 0.6) is 17.2 Å². The summed E-state index contributed by atoms with van der Waals surface area (Å²) in [6.45, 7) is 5.03. The number of aldehydes is 1. The van der Waals surface area contributed by atoms with E-state index in [2.05, 4.69) is 6.07 Å². The van der Waals surface area contributed by atoms with E-state index in [9.17, 15) is 4.79 Å². The lowest BCUT2D eigenvalue weighted by molar-refractivity contribution is -0.107. The van der Waals surface area contributed by atoms with E-state index in [0.29, 0.717) is 31.1 Å². The number of carbonyl (C=O) groups is 1. The first-order valence-corrected chi connectivity index (χ1v) is 9.57. The summed E-state index contributed by atoms with van der Waals surface area (Å²) in [4.78, 5) is 10.4. The first kappa shape index (κ1) is 21.3. The molecule has 4 nitrogen and oxygen atoms in total. The third-order valence-electron chi connectivity index (χ3n) is 4.00. The summed E-state index contributed by atoms with van der Waals surface area (Å²) in [5, 5.41) is 0. The SMILES string of the molecule is CCOc1cc(C=Cc2cccc(C=CCCC=O)c2)c(OC)c(OCC)c1. The molecular weight excluding hydrogens is 352 g/mol. The van der Waals surface area contributed by atoms with Gasteiger partial charge in [-0.3, -0.25) is 0 Å². The molecule has 0 fully saturated rings. The Bertz CT molecular complexity index is 821. The molecular formula is C24H28O4. The number of rotatable bonds is 11. The Morgan fingerprint density at radius 3 is 2.32 bits per heavy atom. The van der Waals surface area contributed by atoms with E-state index in [0.717, 1.165) is 35.1 Å². The molecule has 28 heavy (non-hydrogen) atoms. The highest BCUT2D eigenvalue weighted by molar-refractivity contribution is 5.76. The van der Waals surface area contributed by atoms with E-state index < -0.39 is 0 Å². The molecule has 0 radical (unpaired) electrons. The van der Waals surface area contributed by atoms with Crippen molar-refractivity contribution in [2.24, 2.45) is 0 Å². The molecule has 148 valence electrons. The van der Waals surface area contributed by atoms with Crippen LogP contribution in [0, 0.1) is 0 Å². The number of hydrogen-bond donors (Lipinski definition) is 0. The second kappa shape index (κ2) is 11.7. The minimum Gasteiger partial charge on any atom is -0.494 e. The number of hydrogen-bond acceptors (Lipinski definition) is 4. The average molecular weight is 380 g/mol. The van der Waals surface area contributed by atoms with Gasteiger partial charge in [-0.2, -0.15) is 0 Å². The molecule has 0 aliphatic heterocycles. The summed E-state index contributed by atoms with van der Waals surface area (Å²) in [5.41, 5.74) is 3.06. The van der Waals surface area contributed by atoms with Crippen LogP contribution in [-0.4, -0.2) is 26.6 Å². The van der Waals surface area contributed by atoms with Gasteiger partial charge in [0.1, 0.15) is 12.0 Å². The van der Waals surface area contributed by atoms with Gasteiger partial charge in [-0.1, -0.05) is 42.5 Å². The van der Waals surface area contributed by atoms with Crippen LogP contribution in [0.1, 0.15) is 43.4 Å². The van der Waals surface area contributed by atoms with Crippen LogP contribution < -0.4 is 14.2 Å². The second-order valence-electron chi connectivity index (χ2n) is 6.06. The zero-order valence-corrected chi connectivity index (χ0v) is 16.8. The lowest BCUT2D eigenvalue weighted by Gasteiger charge is -2.14. The highest BCUT2D eigenvalue weighted by Crippen LogP contribution is 2.37. The Morgan fingerprint density at radius 2 is 1.64 bits per heavy atom. The van der Waals surface area contributed by atoms with E-state index in [1.165, 1.54) is 0 Å². The minimum absolute atomic E-state index is 0.549. The van der Waals surface area contributed by atoms with Gasteiger partial charge in [0.2, 0.25) is 0 Å². The van der Waals surface area contributed by atoms with E-state index in [-0.39, 0.29) is 0 Å². The second-order valence-corrected chi connectivity index (χ2v) is 6.06. The van der Waals surface area contributed by atoms with Crippen molar-refractivity contribution in [3.8, 4) is 17.2 Å². The van der Waals surface area contributed by atoms with Gasteiger partial charge >= 0.3 is 0 Å². The van der Waals surface area contributed by atoms with E-state index in [1.54, 1.807) is 7.11 Å². The Kier molecular flexibility index (Phi) is 8.86. The lowest BCUT2D eigenvalue weighted by atomic mass is 10.1. The normalized spacial score (nSPS) is 11.1. The molecule has 0 aliphatic rings. The molecule has 0 aliphatic carbocycles. The smallest absolute Gasteiger partial charge is 0.168 e. The van der Waals surface area contributed by atoms with Crippen LogP contribution >= 0.6 is 0 Å². The van der Waals surface area contributed by atoms with Gasteiger partial charge in [-0.15, -0.1) is 0 Å². The first-order chi connectivity index (χ1) is 13.7. The third-order valence-corrected chi connectivity index (χ3v) is 4.00. The molecule has 0 saturated heterocycles. The van der Waals surface area contributed by atoms with Crippen LogP contribution in [0.4, 0.5) is 0 Å². The van der Waals surface area contributed by atoms with Crippen LogP contribution in [0.2, 0.25) is 0 Å². The number of allylic oxidation sites excluding steroid dienone is 1. The van der Waals surface area contributed by atoms with Crippen molar-refractivity contribution in [1.82, 2.24) is 0 Å². The monoisotopic (exact) mass is 380 g/mol. The first-order valence-electron chi connectivity index (χ1n) is 9.57. The number of benzene rings is 2. The molecule has 4 heteroatoms. The fourth-order valence-electron chi connectivity index (χ4n) is 2.79. The molecule has 0 aromatic heterocycles. The molecule has 2 aromatic carbocycles. The van der Waals surface area contributed by atoms with E-state index >= 15 is 0 Å². The Hall–Kier alpha value is -3.01. The summed E-state index contributed by atoms with van der Waals surface area (Å²) in [5.74, 6) is 2.10. The van der Waals surface area contributed by atoms with Gasteiger partial charge in [0.05, 0.1) is 20.3 Å². The molecule has 0 heterocycles.